The fraction of sp³-hybridized carbons (Fsp3) is 0.167. The van der Waals surface area contributed by atoms with E-state index in [2.05, 4.69) is 10.3 Å². The number of carbonyl (C=O) groups is 1. The number of carboxylic acids is 1. The minimum atomic E-state index is -1.13. The molecule has 1 N–H and O–H groups in total. The molecule has 2 aromatic rings. The van der Waals surface area contributed by atoms with Crippen LogP contribution in [0, 0.1) is 11.3 Å². The molecule has 2 rings (SSSR count). The maximum absolute atomic E-state index is 10.6. The van der Waals surface area contributed by atoms with Gasteiger partial charge in [0.15, 0.2) is 5.69 Å². The van der Waals surface area contributed by atoms with Crippen molar-refractivity contribution in [3.05, 3.63) is 40.7 Å². The Bertz CT molecular complexity index is 678. The van der Waals surface area contributed by atoms with Crippen LogP contribution in [-0.4, -0.2) is 32.7 Å². The van der Waals surface area contributed by atoms with Gasteiger partial charge in [0.1, 0.15) is 12.4 Å². The first kappa shape index (κ1) is 13.8. The molecular weight excluding hydrogens is 284 g/mol. The largest absolute Gasteiger partial charge is 0.490 e. The molecule has 0 radical (unpaired) electrons. The number of aromatic carboxylic acids is 1. The number of halogens is 1. The quantitative estimate of drug-likeness (QED) is 0.898. The Labute approximate surface area is 119 Å². The van der Waals surface area contributed by atoms with Crippen molar-refractivity contribution in [3.8, 4) is 11.8 Å². The first-order valence-corrected chi connectivity index (χ1v) is 5.94. The second kappa shape index (κ2) is 6.04. The number of rotatable bonds is 5. The number of carboxylic acid groups (broad SMARTS) is 1. The van der Waals surface area contributed by atoms with Gasteiger partial charge in [-0.3, -0.25) is 0 Å². The van der Waals surface area contributed by atoms with E-state index in [0.29, 0.717) is 22.9 Å². The van der Waals surface area contributed by atoms with Crippen LogP contribution in [0.2, 0.25) is 5.02 Å². The lowest BCUT2D eigenvalue weighted by molar-refractivity contribution is 0.0690. The summed E-state index contributed by atoms with van der Waals surface area (Å²) in [6.45, 7) is 0.574. The van der Waals surface area contributed by atoms with Crippen molar-refractivity contribution < 1.29 is 14.6 Å². The third-order valence-electron chi connectivity index (χ3n) is 2.40. The Morgan fingerprint density at radius 1 is 1.55 bits per heavy atom. The maximum atomic E-state index is 10.6. The molecule has 0 aliphatic carbocycles. The summed E-state index contributed by atoms with van der Waals surface area (Å²) in [5.74, 6) is -0.684. The third kappa shape index (κ3) is 3.24. The number of ether oxygens (including phenoxy) is 1. The van der Waals surface area contributed by atoms with E-state index >= 15 is 0 Å². The fourth-order valence-corrected chi connectivity index (χ4v) is 1.68. The van der Waals surface area contributed by atoms with E-state index in [1.165, 1.54) is 16.9 Å². The summed E-state index contributed by atoms with van der Waals surface area (Å²) in [6.07, 6.45) is 1.31. The van der Waals surface area contributed by atoms with Crippen molar-refractivity contribution in [3.63, 3.8) is 0 Å². The number of aromatic nitrogens is 3. The molecule has 0 atom stereocenters. The first-order chi connectivity index (χ1) is 9.60. The monoisotopic (exact) mass is 292 g/mol. The number of hydrogen-bond donors (Lipinski definition) is 1. The molecule has 1 aromatic carbocycles. The highest BCUT2D eigenvalue weighted by atomic mass is 35.5. The van der Waals surface area contributed by atoms with Crippen molar-refractivity contribution in [1.82, 2.24) is 15.0 Å². The Balaban J connectivity index is 1.92. The van der Waals surface area contributed by atoms with Crippen LogP contribution in [-0.2, 0) is 6.54 Å². The lowest BCUT2D eigenvalue weighted by atomic mass is 10.2. The summed E-state index contributed by atoms with van der Waals surface area (Å²) in [5.41, 5.74) is 0.325. The van der Waals surface area contributed by atoms with Gasteiger partial charge < -0.3 is 9.84 Å². The molecule has 0 unspecified atom stereocenters. The molecule has 0 spiro atoms. The van der Waals surface area contributed by atoms with E-state index in [9.17, 15) is 4.79 Å². The van der Waals surface area contributed by atoms with Gasteiger partial charge in [-0.25, -0.2) is 9.48 Å². The Morgan fingerprint density at radius 3 is 2.95 bits per heavy atom. The molecule has 1 aromatic heterocycles. The lowest BCUT2D eigenvalue weighted by Crippen LogP contribution is -2.09. The van der Waals surface area contributed by atoms with E-state index in [-0.39, 0.29) is 12.3 Å². The number of nitrogens with zero attached hydrogens (tertiary/aromatic N) is 4. The topological polar surface area (TPSA) is 101 Å². The summed E-state index contributed by atoms with van der Waals surface area (Å²) >= 11 is 5.95. The molecule has 0 saturated heterocycles. The van der Waals surface area contributed by atoms with Gasteiger partial charge in [-0.05, 0) is 18.2 Å². The summed E-state index contributed by atoms with van der Waals surface area (Å²) in [4.78, 5) is 10.6. The predicted octanol–water partition coefficient (Wildman–Crippen LogP) is 1.58. The zero-order valence-corrected chi connectivity index (χ0v) is 10.9. The third-order valence-corrected chi connectivity index (χ3v) is 2.69. The highest BCUT2D eigenvalue weighted by Crippen LogP contribution is 2.25. The average molecular weight is 293 g/mol. The number of benzene rings is 1. The minimum absolute atomic E-state index is 0.124. The Hall–Kier alpha value is -2.59. The zero-order valence-electron chi connectivity index (χ0n) is 10.2. The van der Waals surface area contributed by atoms with Crippen LogP contribution in [0.4, 0.5) is 0 Å². The summed E-state index contributed by atoms with van der Waals surface area (Å²) < 4.78 is 6.79. The SMILES string of the molecule is N#Cc1ccc(OCCn2cc(C(=O)O)nn2)c(Cl)c1. The fourth-order valence-electron chi connectivity index (χ4n) is 1.44. The number of hydrogen-bond acceptors (Lipinski definition) is 5. The molecule has 20 heavy (non-hydrogen) atoms. The molecular formula is C12H9ClN4O3. The van der Waals surface area contributed by atoms with Crippen LogP contribution >= 0.6 is 11.6 Å². The smallest absolute Gasteiger partial charge is 0.358 e. The van der Waals surface area contributed by atoms with E-state index < -0.39 is 5.97 Å². The Kier molecular flexibility index (Phi) is 4.17. The minimum Gasteiger partial charge on any atom is -0.490 e. The first-order valence-electron chi connectivity index (χ1n) is 5.56. The predicted molar refractivity (Wildman–Crippen MR) is 68.6 cm³/mol. The van der Waals surface area contributed by atoms with Gasteiger partial charge >= 0.3 is 5.97 Å². The second-order valence-corrected chi connectivity index (χ2v) is 4.18. The molecule has 0 fully saturated rings. The van der Waals surface area contributed by atoms with Gasteiger partial charge in [-0.2, -0.15) is 5.26 Å². The molecule has 0 amide bonds. The lowest BCUT2D eigenvalue weighted by Gasteiger charge is -2.07. The van der Waals surface area contributed by atoms with Crippen LogP contribution in [0.1, 0.15) is 16.1 Å². The maximum Gasteiger partial charge on any atom is 0.358 e. The van der Waals surface area contributed by atoms with Gasteiger partial charge in [0.05, 0.1) is 29.4 Å². The average Bonchev–Trinajstić information content (AvgIpc) is 2.89. The van der Waals surface area contributed by atoms with E-state index in [1.807, 2.05) is 6.07 Å². The molecule has 7 nitrogen and oxygen atoms in total. The molecule has 0 bridgehead atoms. The van der Waals surface area contributed by atoms with Crippen LogP contribution < -0.4 is 4.74 Å². The standard InChI is InChI=1S/C12H9ClN4O3/c13-9-5-8(6-14)1-2-11(9)20-4-3-17-7-10(12(18)19)15-16-17/h1-2,5,7H,3-4H2,(H,18,19). The van der Waals surface area contributed by atoms with Crippen molar-refractivity contribution in [2.24, 2.45) is 0 Å². The van der Waals surface area contributed by atoms with Gasteiger partial charge in [0, 0.05) is 0 Å². The van der Waals surface area contributed by atoms with E-state index in [4.69, 9.17) is 26.7 Å². The van der Waals surface area contributed by atoms with Crippen molar-refractivity contribution in [1.29, 1.82) is 5.26 Å². The van der Waals surface area contributed by atoms with Crippen LogP contribution in [0.25, 0.3) is 0 Å². The zero-order chi connectivity index (χ0) is 14.5. The molecule has 0 aliphatic rings. The molecule has 102 valence electrons. The summed E-state index contributed by atoms with van der Waals surface area (Å²) in [5, 5.41) is 24.9. The van der Waals surface area contributed by atoms with Crippen molar-refractivity contribution >= 4 is 17.6 Å². The molecule has 8 heteroatoms. The molecule has 0 aliphatic heterocycles. The van der Waals surface area contributed by atoms with Crippen molar-refractivity contribution in [2.45, 2.75) is 6.54 Å². The van der Waals surface area contributed by atoms with Crippen molar-refractivity contribution in [2.75, 3.05) is 6.61 Å². The highest BCUT2D eigenvalue weighted by molar-refractivity contribution is 6.32. The molecule has 0 saturated carbocycles. The van der Waals surface area contributed by atoms with E-state index in [1.54, 1.807) is 12.1 Å². The molecule has 1 heterocycles. The Morgan fingerprint density at radius 2 is 2.35 bits per heavy atom. The van der Waals surface area contributed by atoms with Gasteiger partial charge in [0.25, 0.3) is 0 Å². The summed E-state index contributed by atoms with van der Waals surface area (Å²) in [7, 11) is 0. The van der Waals surface area contributed by atoms with Gasteiger partial charge in [0.2, 0.25) is 0 Å². The van der Waals surface area contributed by atoms with Crippen LogP contribution in [0.3, 0.4) is 0 Å². The highest BCUT2D eigenvalue weighted by Gasteiger charge is 2.08. The summed E-state index contributed by atoms with van der Waals surface area (Å²) in [6, 6.07) is 6.68. The number of nitriles is 1. The second-order valence-electron chi connectivity index (χ2n) is 3.78. The van der Waals surface area contributed by atoms with Gasteiger partial charge in [-0.1, -0.05) is 16.8 Å². The van der Waals surface area contributed by atoms with Gasteiger partial charge in [-0.15, -0.1) is 5.10 Å². The van der Waals surface area contributed by atoms with E-state index in [0.717, 1.165) is 0 Å². The van der Waals surface area contributed by atoms with Crippen LogP contribution in [0.15, 0.2) is 24.4 Å². The normalized spacial score (nSPS) is 10.0. The van der Waals surface area contributed by atoms with Crippen LogP contribution in [0.5, 0.6) is 5.75 Å².